The lowest BCUT2D eigenvalue weighted by atomic mass is 10.2. The van der Waals surface area contributed by atoms with Crippen LogP contribution in [-0.2, 0) is 6.18 Å². The highest BCUT2D eigenvalue weighted by molar-refractivity contribution is 6.04. The lowest BCUT2D eigenvalue weighted by molar-refractivity contribution is -0.153. The molecule has 2 heterocycles. The van der Waals surface area contributed by atoms with Crippen LogP contribution in [0.3, 0.4) is 0 Å². The van der Waals surface area contributed by atoms with E-state index in [1.165, 1.54) is 0 Å². The maximum absolute atomic E-state index is 13.4. The minimum absolute atomic E-state index is 0. The van der Waals surface area contributed by atoms with Gasteiger partial charge in [-0.15, -0.1) is 12.4 Å². The Labute approximate surface area is 189 Å². The molecule has 0 atom stereocenters. The largest absolute Gasteiger partial charge is 0.452 e. The first-order valence-electron chi connectivity index (χ1n) is 9.92. The Morgan fingerprint density at radius 1 is 1.03 bits per heavy atom. The molecule has 10 heteroatoms. The number of amides is 1. The molecule has 1 aliphatic rings. The third-order valence-electron chi connectivity index (χ3n) is 4.95. The number of alkyl halides is 3. The summed E-state index contributed by atoms with van der Waals surface area (Å²) in [5.41, 5.74) is 0.918. The maximum atomic E-state index is 13.4. The van der Waals surface area contributed by atoms with Crippen molar-refractivity contribution in [3.8, 4) is 11.5 Å². The highest BCUT2D eigenvalue weighted by Gasteiger charge is 2.42. The summed E-state index contributed by atoms with van der Waals surface area (Å²) in [7, 11) is 0. The van der Waals surface area contributed by atoms with Gasteiger partial charge in [0.05, 0.1) is 0 Å². The van der Waals surface area contributed by atoms with Crippen LogP contribution in [0.5, 0.6) is 0 Å². The normalized spacial score (nSPS) is 14.4. The molecule has 0 unspecified atom stereocenters. The molecule has 0 aliphatic carbocycles. The molecule has 0 radical (unpaired) electrons. The zero-order valence-electron chi connectivity index (χ0n) is 17.0. The number of benzene rings is 2. The Hall–Kier alpha value is -3.04. The number of rotatable bonds is 4. The monoisotopic (exact) mass is 466 g/mol. The Kier molecular flexibility index (Phi) is 7.42. The summed E-state index contributed by atoms with van der Waals surface area (Å²) < 4.78 is 45.3. The SMILES string of the molecule is Cl.O=C(Nc1ccc(N2CCCNCC2)cc1)c1nc(-c2ccccc2)oc1C(F)(F)F. The zero-order chi connectivity index (χ0) is 21.8. The molecule has 32 heavy (non-hydrogen) atoms. The molecule has 0 bridgehead atoms. The number of nitrogens with one attached hydrogen (secondary N) is 2. The molecule has 0 spiro atoms. The molecule has 1 fully saturated rings. The van der Waals surface area contributed by atoms with Crippen molar-refractivity contribution in [2.24, 2.45) is 0 Å². The number of hydrogen-bond acceptors (Lipinski definition) is 5. The van der Waals surface area contributed by atoms with Crippen molar-refractivity contribution < 1.29 is 22.4 Å². The second-order valence-corrected chi connectivity index (χ2v) is 7.15. The van der Waals surface area contributed by atoms with E-state index in [0.717, 1.165) is 38.3 Å². The Bertz CT molecular complexity index is 1030. The van der Waals surface area contributed by atoms with Gasteiger partial charge in [-0.3, -0.25) is 4.79 Å². The summed E-state index contributed by atoms with van der Waals surface area (Å²) in [6.45, 7) is 3.63. The van der Waals surface area contributed by atoms with Crippen LogP contribution < -0.4 is 15.5 Å². The summed E-state index contributed by atoms with van der Waals surface area (Å²) in [5, 5.41) is 5.81. The van der Waals surface area contributed by atoms with Gasteiger partial charge in [0, 0.05) is 36.6 Å². The Morgan fingerprint density at radius 3 is 2.44 bits per heavy atom. The second kappa shape index (κ2) is 10.1. The molecule has 6 nitrogen and oxygen atoms in total. The molecule has 1 aliphatic heterocycles. The number of carbonyl (C=O) groups is 1. The third kappa shape index (κ3) is 5.41. The first-order chi connectivity index (χ1) is 14.9. The predicted octanol–water partition coefficient (Wildman–Crippen LogP) is 4.83. The fraction of sp³-hybridized carbons (Fsp3) is 0.273. The number of anilines is 2. The smallest absolute Gasteiger partial charge is 0.431 e. The van der Waals surface area contributed by atoms with Crippen LogP contribution in [0.15, 0.2) is 59.0 Å². The van der Waals surface area contributed by atoms with Crippen molar-refractivity contribution in [2.45, 2.75) is 12.6 Å². The van der Waals surface area contributed by atoms with Gasteiger partial charge in [0.15, 0.2) is 5.69 Å². The van der Waals surface area contributed by atoms with E-state index in [4.69, 9.17) is 4.42 Å². The average Bonchev–Trinajstić information content (AvgIpc) is 3.06. The molecular weight excluding hydrogens is 445 g/mol. The Morgan fingerprint density at radius 2 is 1.75 bits per heavy atom. The zero-order valence-corrected chi connectivity index (χ0v) is 17.8. The molecular formula is C22H22ClF3N4O2. The molecule has 2 aromatic carbocycles. The summed E-state index contributed by atoms with van der Waals surface area (Å²) in [5.74, 6) is -2.66. The van der Waals surface area contributed by atoms with Crippen molar-refractivity contribution in [3.63, 3.8) is 0 Å². The van der Waals surface area contributed by atoms with Crippen molar-refractivity contribution in [2.75, 3.05) is 36.4 Å². The highest BCUT2D eigenvalue weighted by Crippen LogP contribution is 2.35. The summed E-state index contributed by atoms with van der Waals surface area (Å²) in [4.78, 5) is 18.7. The van der Waals surface area contributed by atoms with Crippen molar-refractivity contribution in [1.82, 2.24) is 10.3 Å². The van der Waals surface area contributed by atoms with E-state index in [0.29, 0.717) is 11.3 Å². The van der Waals surface area contributed by atoms with Crippen molar-refractivity contribution in [3.05, 3.63) is 66.1 Å². The molecule has 170 valence electrons. The van der Waals surface area contributed by atoms with Gasteiger partial charge in [-0.25, -0.2) is 4.98 Å². The molecule has 2 N–H and O–H groups in total. The molecule has 0 saturated carbocycles. The number of carbonyl (C=O) groups excluding carboxylic acids is 1. The van der Waals surface area contributed by atoms with E-state index >= 15 is 0 Å². The molecule has 1 saturated heterocycles. The van der Waals surface area contributed by atoms with Crippen LogP contribution in [0.25, 0.3) is 11.5 Å². The van der Waals surface area contributed by atoms with E-state index in [1.807, 2.05) is 12.1 Å². The third-order valence-corrected chi connectivity index (χ3v) is 4.95. The van der Waals surface area contributed by atoms with Crippen LogP contribution in [0.2, 0.25) is 0 Å². The van der Waals surface area contributed by atoms with E-state index in [-0.39, 0.29) is 18.3 Å². The molecule has 3 aromatic rings. The highest BCUT2D eigenvalue weighted by atomic mass is 35.5. The lowest BCUT2D eigenvalue weighted by Gasteiger charge is -2.22. The van der Waals surface area contributed by atoms with E-state index in [2.05, 4.69) is 20.5 Å². The van der Waals surface area contributed by atoms with Crippen LogP contribution in [0.1, 0.15) is 22.7 Å². The number of hydrogen-bond donors (Lipinski definition) is 2. The molecule has 1 amide bonds. The van der Waals surface area contributed by atoms with E-state index in [1.54, 1.807) is 42.5 Å². The fourth-order valence-corrected chi connectivity index (χ4v) is 3.42. The maximum Gasteiger partial charge on any atom is 0.452 e. The molecule has 1 aromatic heterocycles. The van der Waals surface area contributed by atoms with Gasteiger partial charge >= 0.3 is 6.18 Å². The molecule has 4 rings (SSSR count). The lowest BCUT2D eigenvalue weighted by Crippen LogP contribution is -2.27. The van der Waals surface area contributed by atoms with E-state index in [9.17, 15) is 18.0 Å². The van der Waals surface area contributed by atoms with E-state index < -0.39 is 23.5 Å². The number of aromatic nitrogens is 1. The van der Waals surface area contributed by atoms with Gasteiger partial charge in [0.2, 0.25) is 11.7 Å². The van der Waals surface area contributed by atoms with Gasteiger partial charge in [-0.1, -0.05) is 18.2 Å². The minimum Gasteiger partial charge on any atom is -0.431 e. The second-order valence-electron chi connectivity index (χ2n) is 7.15. The van der Waals surface area contributed by atoms with Crippen LogP contribution in [0.4, 0.5) is 24.5 Å². The number of halogens is 4. The Balaban J connectivity index is 0.00000289. The topological polar surface area (TPSA) is 70.4 Å². The summed E-state index contributed by atoms with van der Waals surface area (Å²) in [6.07, 6.45) is -3.83. The van der Waals surface area contributed by atoms with Crippen molar-refractivity contribution >= 4 is 29.7 Å². The summed E-state index contributed by atoms with van der Waals surface area (Å²) in [6, 6.07) is 15.1. The standard InChI is InChI=1S/C22H21F3N4O2.ClH/c23-22(24,25)19-18(28-21(31-19)15-5-2-1-3-6-15)20(30)27-16-7-9-17(10-8-16)29-13-4-11-26-12-14-29;/h1-3,5-10,26H,4,11-14H2,(H,27,30);1H. The van der Waals surface area contributed by atoms with Crippen LogP contribution in [-0.4, -0.2) is 37.1 Å². The first-order valence-corrected chi connectivity index (χ1v) is 9.92. The van der Waals surface area contributed by atoms with Crippen LogP contribution in [0, 0.1) is 0 Å². The quantitative estimate of drug-likeness (QED) is 0.576. The van der Waals surface area contributed by atoms with Gasteiger partial charge in [0.1, 0.15) is 0 Å². The minimum atomic E-state index is -4.85. The summed E-state index contributed by atoms with van der Waals surface area (Å²) >= 11 is 0. The van der Waals surface area contributed by atoms with Crippen molar-refractivity contribution in [1.29, 1.82) is 0 Å². The van der Waals surface area contributed by atoms with Gasteiger partial charge < -0.3 is 20.0 Å². The number of nitrogens with zero attached hydrogens (tertiary/aromatic N) is 2. The fourth-order valence-electron chi connectivity index (χ4n) is 3.42. The van der Waals surface area contributed by atoms with Gasteiger partial charge in [-0.05, 0) is 49.4 Å². The number of oxazole rings is 1. The van der Waals surface area contributed by atoms with Crippen LogP contribution >= 0.6 is 12.4 Å². The predicted molar refractivity (Wildman–Crippen MR) is 118 cm³/mol. The van der Waals surface area contributed by atoms with Gasteiger partial charge in [0.25, 0.3) is 5.91 Å². The first kappa shape index (κ1) is 23.6. The average molecular weight is 467 g/mol. The van der Waals surface area contributed by atoms with Gasteiger partial charge in [-0.2, -0.15) is 13.2 Å².